The molecule has 19 heavy (non-hydrogen) atoms. The van der Waals surface area contributed by atoms with E-state index in [1.807, 2.05) is 0 Å². The summed E-state index contributed by atoms with van der Waals surface area (Å²) < 4.78 is 0. The van der Waals surface area contributed by atoms with E-state index in [2.05, 4.69) is 73.8 Å². The standard InChI is InChI=1S/C18H23N/c1-3-19-18(17-10-5-4-6-11-17)13-12-16-9-7-8-15(2)14-16/h4-11,14,18-19H,3,12-13H2,1-2H3. The minimum Gasteiger partial charge on any atom is -0.310 e. The van der Waals surface area contributed by atoms with Crippen LogP contribution in [-0.2, 0) is 6.42 Å². The molecule has 0 saturated heterocycles. The molecule has 0 aliphatic rings. The normalized spacial score (nSPS) is 12.3. The summed E-state index contributed by atoms with van der Waals surface area (Å²) in [5.74, 6) is 0. The van der Waals surface area contributed by atoms with E-state index in [0.29, 0.717) is 6.04 Å². The fraction of sp³-hybridized carbons (Fsp3) is 0.333. The van der Waals surface area contributed by atoms with Gasteiger partial charge >= 0.3 is 0 Å². The molecule has 0 aliphatic heterocycles. The molecule has 0 bridgehead atoms. The van der Waals surface area contributed by atoms with E-state index in [1.54, 1.807) is 0 Å². The van der Waals surface area contributed by atoms with Gasteiger partial charge in [-0.05, 0) is 37.4 Å². The lowest BCUT2D eigenvalue weighted by molar-refractivity contribution is 0.515. The van der Waals surface area contributed by atoms with Crippen LogP contribution in [-0.4, -0.2) is 6.54 Å². The summed E-state index contributed by atoms with van der Waals surface area (Å²) in [5, 5.41) is 3.58. The minimum atomic E-state index is 0.451. The lowest BCUT2D eigenvalue weighted by atomic mass is 9.98. The van der Waals surface area contributed by atoms with Crippen molar-refractivity contribution in [1.82, 2.24) is 5.32 Å². The fourth-order valence-electron chi connectivity index (χ4n) is 2.50. The van der Waals surface area contributed by atoms with E-state index in [1.165, 1.54) is 16.7 Å². The second-order valence-electron chi connectivity index (χ2n) is 5.05. The van der Waals surface area contributed by atoms with Crippen LogP contribution < -0.4 is 5.32 Å². The first kappa shape index (κ1) is 13.8. The minimum absolute atomic E-state index is 0.451. The quantitative estimate of drug-likeness (QED) is 0.810. The third kappa shape index (κ3) is 4.22. The molecule has 0 amide bonds. The van der Waals surface area contributed by atoms with Gasteiger partial charge in [0.2, 0.25) is 0 Å². The maximum absolute atomic E-state index is 3.58. The van der Waals surface area contributed by atoms with Gasteiger partial charge < -0.3 is 5.32 Å². The average Bonchev–Trinajstić information content (AvgIpc) is 2.44. The van der Waals surface area contributed by atoms with Crippen LogP contribution in [0.25, 0.3) is 0 Å². The maximum atomic E-state index is 3.58. The molecule has 2 aromatic carbocycles. The number of hydrogen-bond donors (Lipinski definition) is 1. The highest BCUT2D eigenvalue weighted by Crippen LogP contribution is 2.19. The summed E-state index contributed by atoms with van der Waals surface area (Å²) in [6, 6.07) is 20.0. The second-order valence-corrected chi connectivity index (χ2v) is 5.05. The van der Waals surface area contributed by atoms with E-state index in [0.717, 1.165) is 19.4 Å². The Labute approximate surface area is 116 Å². The van der Waals surface area contributed by atoms with Crippen LogP contribution in [0.5, 0.6) is 0 Å². The van der Waals surface area contributed by atoms with Crippen molar-refractivity contribution in [3.8, 4) is 0 Å². The lowest BCUT2D eigenvalue weighted by Gasteiger charge is -2.18. The number of nitrogens with one attached hydrogen (secondary N) is 1. The van der Waals surface area contributed by atoms with E-state index < -0.39 is 0 Å². The van der Waals surface area contributed by atoms with E-state index in [-0.39, 0.29) is 0 Å². The second kappa shape index (κ2) is 7.10. The van der Waals surface area contributed by atoms with Crippen LogP contribution in [0.1, 0.15) is 36.1 Å². The zero-order valence-electron chi connectivity index (χ0n) is 11.9. The summed E-state index contributed by atoms with van der Waals surface area (Å²) in [4.78, 5) is 0. The highest BCUT2D eigenvalue weighted by atomic mass is 14.9. The third-order valence-corrected chi connectivity index (χ3v) is 3.46. The summed E-state index contributed by atoms with van der Waals surface area (Å²) >= 11 is 0. The number of hydrogen-bond acceptors (Lipinski definition) is 1. The SMILES string of the molecule is CCNC(CCc1cccc(C)c1)c1ccccc1. The predicted octanol–water partition coefficient (Wildman–Crippen LogP) is 4.28. The zero-order chi connectivity index (χ0) is 13.5. The smallest absolute Gasteiger partial charge is 0.0323 e. The Balaban J connectivity index is 2.01. The van der Waals surface area contributed by atoms with E-state index >= 15 is 0 Å². The van der Waals surface area contributed by atoms with Gasteiger partial charge in [0, 0.05) is 6.04 Å². The monoisotopic (exact) mass is 253 g/mol. The molecule has 1 unspecified atom stereocenters. The van der Waals surface area contributed by atoms with Gasteiger partial charge in [0.1, 0.15) is 0 Å². The van der Waals surface area contributed by atoms with Crippen molar-refractivity contribution in [2.75, 3.05) is 6.54 Å². The van der Waals surface area contributed by atoms with Crippen LogP contribution in [0.3, 0.4) is 0 Å². The lowest BCUT2D eigenvalue weighted by Crippen LogP contribution is -2.21. The first-order valence-corrected chi connectivity index (χ1v) is 7.13. The van der Waals surface area contributed by atoms with Crippen molar-refractivity contribution < 1.29 is 0 Å². The Hall–Kier alpha value is -1.60. The van der Waals surface area contributed by atoms with Gasteiger partial charge in [0.15, 0.2) is 0 Å². The molecule has 0 heterocycles. The van der Waals surface area contributed by atoms with Crippen molar-refractivity contribution in [3.05, 3.63) is 71.3 Å². The highest BCUT2D eigenvalue weighted by Gasteiger charge is 2.09. The molecule has 0 spiro atoms. The Morgan fingerprint density at radius 3 is 2.47 bits per heavy atom. The molecule has 0 fully saturated rings. The first-order chi connectivity index (χ1) is 9.29. The fourth-order valence-corrected chi connectivity index (χ4v) is 2.50. The number of benzene rings is 2. The van der Waals surface area contributed by atoms with Crippen LogP contribution in [0, 0.1) is 6.92 Å². The van der Waals surface area contributed by atoms with Crippen molar-refractivity contribution in [2.45, 2.75) is 32.7 Å². The van der Waals surface area contributed by atoms with Crippen molar-refractivity contribution >= 4 is 0 Å². The van der Waals surface area contributed by atoms with E-state index in [4.69, 9.17) is 0 Å². The van der Waals surface area contributed by atoms with Gasteiger partial charge in [-0.3, -0.25) is 0 Å². The molecule has 1 nitrogen and oxygen atoms in total. The van der Waals surface area contributed by atoms with Gasteiger partial charge in [-0.15, -0.1) is 0 Å². The topological polar surface area (TPSA) is 12.0 Å². The Kier molecular flexibility index (Phi) is 5.17. The van der Waals surface area contributed by atoms with Crippen LogP contribution in [0.4, 0.5) is 0 Å². The van der Waals surface area contributed by atoms with Crippen molar-refractivity contribution in [3.63, 3.8) is 0 Å². The molecule has 1 N–H and O–H groups in total. The van der Waals surface area contributed by atoms with Crippen LogP contribution in [0.15, 0.2) is 54.6 Å². The summed E-state index contributed by atoms with van der Waals surface area (Å²) in [6.07, 6.45) is 2.26. The van der Waals surface area contributed by atoms with Crippen molar-refractivity contribution in [2.24, 2.45) is 0 Å². The molecule has 0 saturated carbocycles. The van der Waals surface area contributed by atoms with Gasteiger partial charge in [-0.25, -0.2) is 0 Å². The largest absolute Gasteiger partial charge is 0.310 e. The van der Waals surface area contributed by atoms with Gasteiger partial charge in [0.25, 0.3) is 0 Å². The van der Waals surface area contributed by atoms with Gasteiger partial charge in [-0.2, -0.15) is 0 Å². The number of rotatable bonds is 6. The predicted molar refractivity (Wildman–Crippen MR) is 82.4 cm³/mol. The molecular weight excluding hydrogens is 230 g/mol. The molecule has 0 aromatic heterocycles. The highest BCUT2D eigenvalue weighted by molar-refractivity contribution is 5.23. The van der Waals surface area contributed by atoms with Gasteiger partial charge in [0.05, 0.1) is 0 Å². The molecule has 100 valence electrons. The maximum Gasteiger partial charge on any atom is 0.0323 e. The Bertz CT molecular complexity index is 490. The van der Waals surface area contributed by atoms with Gasteiger partial charge in [-0.1, -0.05) is 67.1 Å². The molecule has 1 heteroatoms. The average molecular weight is 253 g/mol. The Morgan fingerprint density at radius 1 is 1.00 bits per heavy atom. The van der Waals surface area contributed by atoms with Crippen molar-refractivity contribution in [1.29, 1.82) is 0 Å². The number of aryl methyl sites for hydroxylation is 2. The summed E-state index contributed by atoms with van der Waals surface area (Å²) in [7, 11) is 0. The summed E-state index contributed by atoms with van der Waals surface area (Å²) in [6.45, 7) is 5.33. The first-order valence-electron chi connectivity index (χ1n) is 7.13. The summed E-state index contributed by atoms with van der Waals surface area (Å²) in [5.41, 5.74) is 4.16. The molecule has 1 atom stereocenters. The third-order valence-electron chi connectivity index (χ3n) is 3.46. The zero-order valence-corrected chi connectivity index (χ0v) is 11.9. The van der Waals surface area contributed by atoms with Crippen LogP contribution in [0.2, 0.25) is 0 Å². The van der Waals surface area contributed by atoms with Crippen LogP contribution >= 0.6 is 0 Å². The molecule has 2 rings (SSSR count). The Morgan fingerprint density at radius 2 is 1.79 bits per heavy atom. The molecule has 0 radical (unpaired) electrons. The molecular formula is C18H23N. The van der Waals surface area contributed by atoms with E-state index in [9.17, 15) is 0 Å². The molecule has 2 aromatic rings. The molecule has 0 aliphatic carbocycles.